The van der Waals surface area contributed by atoms with E-state index in [1.54, 1.807) is 0 Å². The van der Waals surface area contributed by atoms with Crippen molar-refractivity contribution in [1.29, 1.82) is 0 Å². The monoisotopic (exact) mass is 258 g/mol. The second-order valence-electron chi connectivity index (χ2n) is 5.08. The molecule has 4 heteroatoms. The molecule has 0 heterocycles. The molecule has 1 amide bonds. The van der Waals surface area contributed by atoms with E-state index in [4.69, 9.17) is 5.73 Å². The third-order valence-corrected chi connectivity index (χ3v) is 4.41. The highest BCUT2D eigenvalue weighted by molar-refractivity contribution is 7.99. The Morgan fingerprint density at radius 1 is 1.41 bits per heavy atom. The average molecular weight is 258 g/mol. The number of hydrogen-bond donors (Lipinski definition) is 2. The van der Waals surface area contributed by atoms with Gasteiger partial charge in [-0.3, -0.25) is 4.79 Å². The molecule has 1 atom stereocenters. The van der Waals surface area contributed by atoms with Gasteiger partial charge in [-0.2, -0.15) is 11.8 Å². The Labute approximate surface area is 109 Å². The molecule has 1 aliphatic carbocycles. The van der Waals surface area contributed by atoms with Gasteiger partial charge in [-0.15, -0.1) is 0 Å². The number of hydrogen-bond acceptors (Lipinski definition) is 3. The highest BCUT2D eigenvalue weighted by atomic mass is 32.2. The molecule has 0 radical (unpaired) electrons. The van der Waals surface area contributed by atoms with Gasteiger partial charge in [0, 0.05) is 6.04 Å². The van der Waals surface area contributed by atoms with Crippen molar-refractivity contribution < 1.29 is 4.79 Å². The molecule has 3 nitrogen and oxygen atoms in total. The Morgan fingerprint density at radius 2 is 2.06 bits per heavy atom. The Balaban J connectivity index is 2.31. The molecule has 1 unspecified atom stereocenters. The van der Waals surface area contributed by atoms with E-state index in [1.807, 2.05) is 11.8 Å². The van der Waals surface area contributed by atoms with Crippen LogP contribution in [0.5, 0.6) is 0 Å². The lowest BCUT2D eigenvalue weighted by Crippen LogP contribution is -2.56. The third kappa shape index (κ3) is 4.88. The summed E-state index contributed by atoms with van der Waals surface area (Å²) in [6.07, 6.45) is 6.10. The fourth-order valence-corrected chi connectivity index (χ4v) is 3.06. The number of nitrogens with one attached hydrogen (secondary N) is 1. The topological polar surface area (TPSA) is 55.1 Å². The molecule has 1 fully saturated rings. The molecule has 0 aromatic heterocycles. The minimum absolute atomic E-state index is 0.0613. The molecular weight excluding hydrogens is 232 g/mol. The van der Waals surface area contributed by atoms with Crippen LogP contribution in [-0.2, 0) is 4.79 Å². The molecule has 1 saturated carbocycles. The van der Waals surface area contributed by atoms with Crippen molar-refractivity contribution in [2.45, 2.75) is 64.0 Å². The van der Waals surface area contributed by atoms with E-state index >= 15 is 0 Å². The fraction of sp³-hybridized carbons (Fsp3) is 0.923. The van der Waals surface area contributed by atoms with Crippen LogP contribution in [-0.4, -0.2) is 29.0 Å². The van der Waals surface area contributed by atoms with Crippen LogP contribution in [0.25, 0.3) is 0 Å². The summed E-state index contributed by atoms with van der Waals surface area (Å²) in [5.74, 6) is 2.31. The third-order valence-electron chi connectivity index (χ3n) is 3.47. The van der Waals surface area contributed by atoms with Gasteiger partial charge in [0.25, 0.3) is 0 Å². The summed E-state index contributed by atoms with van der Waals surface area (Å²) in [6, 6.07) is 0.240. The average Bonchev–Trinajstić information content (AvgIpc) is 2.30. The first-order chi connectivity index (χ1) is 8.08. The van der Waals surface area contributed by atoms with Crippen LogP contribution in [0.15, 0.2) is 0 Å². The molecule has 0 saturated heterocycles. The van der Waals surface area contributed by atoms with Crippen molar-refractivity contribution in [3.63, 3.8) is 0 Å². The Bertz CT molecular complexity index is 240. The van der Waals surface area contributed by atoms with Crippen molar-refractivity contribution in [3.05, 3.63) is 0 Å². The minimum atomic E-state index is -0.593. The van der Waals surface area contributed by atoms with E-state index in [-0.39, 0.29) is 11.9 Å². The molecule has 100 valence electrons. The van der Waals surface area contributed by atoms with Crippen LogP contribution in [0.3, 0.4) is 0 Å². The zero-order chi connectivity index (χ0) is 12.7. The van der Waals surface area contributed by atoms with Crippen LogP contribution in [0.2, 0.25) is 0 Å². The standard InChI is InChI=1S/C13H26N2OS/c1-3-17-10-7-11(2)15-12(16)13(14)8-5-4-6-9-13/h11H,3-10,14H2,1-2H3,(H,15,16). The van der Waals surface area contributed by atoms with E-state index in [0.717, 1.165) is 43.6 Å². The summed E-state index contributed by atoms with van der Waals surface area (Å²) < 4.78 is 0. The first-order valence-corrected chi connectivity index (χ1v) is 7.91. The van der Waals surface area contributed by atoms with E-state index < -0.39 is 5.54 Å². The van der Waals surface area contributed by atoms with Gasteiger partial charge in [0.15, 0.2) is 0 Å². The lowest BCUT2D eigenvalue weighted by Gasteiger charge is -2.33. The zero-order valence-electron chi connectivity index (χ0n) is 11.1. The van der Waals surface area contributed by atoms with Crippen LogP contribution < -0.4 is 11.1 Å². The van der Waals surface area contributed by atoms with Crippen LogP contribution in [0.1, 0.15) is 52.4 Å². The lowest BCUT2D eigenvalue weighted by molar-refractivity contribution is -0.128. The van der Waals surface area contributed by atoms with E-state index in [0.29, 0.717) is 0 Å². The van der Waals surface area contributed by atoms with Gasteiger partial charge in [0.05, 0.1) is 5.54 Å². The van der Waals surface area contributed by atoms with Crippen LogP contribution >= 0.6 is 11.8 Å². The molecular formula is C13H26N2OS. The molecule has 17 heavy (non-hydrogen) atoms. The molecule has 1 aliphatic rings. The highest BCUT2D eigenvalue weighted by Crippen LogP contribution is 2.26. The van der Waals surface area contributed by atoms with E-state index in [1.165, 1.54) is 6.42 Å². The predicted molar refractivity (Wildman–Crippen MR) is 75.2 cm³/mol. The smallest absolute Gasteiger partial charge is 0.240 e. The minimum Gasteiger partial charge on any atom is -0.352 e. The Kier molecular flexibility index (Phi) is 6.34. The maximum Gasteiger partial charge on any atom is 0.240 e. The summed E-state index contributed by atoms with van der Waals surface area (Å²) >= 11 is 1.92. The Hall–Kier alpha value is -0.220. The van der Waals surface area contributed by atoms with Gasteiger partial charge in [-0.05, 0) is 37.7 Å². The summed E-state index contributed by atoms with van der Waals surface area (Å²) in [7, 11) is 0. The number of nitrogens with two attached hydrogens (primary N) is 1. The first kappa shape index (κ1) is 14.8. The van der Waals surface area contributed by atoms with Crippen molar-refractivity contribution in [2.24, 2.45) is 5.73 Å². The van der Waals surface area contributed by atoms with Gasteiger partial charge in [0.2, 0.25) is 5.91 Å². The lowest BCUT2D eigenvalue weighted by atomic mass is 9.82. The zero-order valence-corrected chi connectivity index (χ0v) is 11.9. The molecule has 3 N–H and O–H groups in total. The number of rotatable bonds is 6. The van der Waals surface area contributed by atoms with Gasteiger partial charge in [-0.1, -0.05) is 26.2 Å². The van der Waals surface area contributed by atoms with Gasteiger partial charge in [-0.25, -0.2) is 0 Å². The second kappa shape index (κ2) is 7.27. The van der Waals surface area contributed by atoms with Crippen molar-refractivity contribution in [3.8, 4) is 0 Å². The normalized spacial score (nSPS) is 20.9. The fourth-order valence-electron chi connectivity index (χ4n) is 2.25. The predicted octanol–water partition coefficient (Wildman–Crippen LogP) is 2.30. The maximum absolute atomic E-state index is 12.1. The maximum atomic E-state index is 12.1. The summed E-state index contributed by atoms with van der Waals surface area (Å²) in [6.45, 7) is 4.23. The van der Waals surface area contributed by atoms with E-state index in [2.05, 4.69) is 19.2 Å². The molecule has 0 aromatic carbocycles. The quantitative estimate of drug-likeness (QED) is 0.719. The summed E-state index contributed by atoms with van der Waals surface area (Å²) in [5.41, 5.74) is 5.60. The number of amides is 1. The second-order valence-corrected chi connectivity index (χ2v) is 6.47. The largest absolute Gasteiger partial charge is 0.352 e. The Morgan fingerprint density at radius 3 is 2.65 bits per heavy atom. The van der Waals surface area contributed by atoms with Crippen LogP contribution in [0.4, 0.5) is 0 Å². The molecule has 0 aromatic rings. The molecule has 0 spiro atoms. The van der Waals surface area contributed by atoms with Crippen molar-refractivity contribution in [1.82, 2.24) is 5.32 Å². The molecule has 1 rings (SSSR count). The highest BCUT2D eigenvalue weighted by Gasteiger charge is 2.35. The number of carbonyl (C=O) groups is 1. The SMILES string of the molecule is CCSCCC(C)NC(=O)C1(N)CCCCC1. The molecule has 0 bridgehead atoms. The van der Waals surface area contributed by atoms with Gasteiger partial charge in [0.1, 0.15) is 0 Å². The summed E-state index contributed by atoms with van der Waals surface area (Å²) in [5, 5.41) is 3.07. The van der Waals surface area contributed by atoms with Gasteiger partial charge < -0.3 is 11.1 Å². The summed E-state index contributed by atoms with van der Waals surface area (Å²) in [4.78, 5) is 12.1. The van der Waals surface area contributed by atoms with E-state index in [9.17, 15) is 4.79 Å². The van der Waals surface area contributed by atoms with Gasteiger partial charge >= 0.3 is 0 Å². The number of thioether (sulfide) groups is 1. The molecule has 0 aliphatic heterocycles. The first-order valence-electron chi connectivity index (χ1n) is 6.76. The van der Waals surface area contributed by atoms with Crippen LogP contribution in [0, 0.1) is 0 Å². The van der Waals surface area contributed by atoms with Crippen molar-refractivity contribution >= 4 is 17.7 Å². The van der Waals surface area contributed by atoms with Crippen molar-refractivity contribution in [2.75, 3.05) is 11.5 Å². The number of carbonyl (C=O) groups excluding carboxylic acids is 1.